The van der Waals surface area contributed by atoms with Crippen LogP contribution in [0, 0.1) is 17.1 Å². The zero-order valence-electron chi connectivity index (χ0n) is 14.3. The Labute approximate surface area is 150 Å². The molecule has 26 heavy (non-hydrogen) atoms. The van der Waals surface area contributed by atoms with Gasteiger partial charge in [0.05, 0.1) is 28.8 Å². The Hall–Kier alpha value is -2.98. The summed E-state index contributed by atoms with van der Waals surface area (Å²) < 4.78 is 15.8. The van der Waals surface area contributed by atoms with Gasteiger partial charge < -0.3 is 15.2 Å². The number of fused-ring (bicyclic) bond motifs is 1. The van der Waals surface area contributed by atoms with E-state index in [1.165, 1.54) is 12.1 Å². The second kappa shape index (κ2) is 6.73. The lowest BCUT2D eigenvalue weighted by atomic mass is 10.1. The summed E-state index contributed by atoms with van der Waals surface area (Å²) in [5, 5.41) is 8.93. The molecule has 1 unspecified atom stereocenters. The molecule has 132 valence electrons. The lowest BCUT2D eigenvalue weighted by Crippen LogP contribution is -2.44. The Morgan fingerprint density at radius 2 is 2.19 bits per heavy atom. The van der Waals surface area contributed by atoms with Crippen molar-refractivity contribution in [2.75, 3.05) is 18.0 Å². The van der Waals surface area contributed by atoms with Gasteiger partial charge >= 0.3 is 0 Å². The van der Waals surface area contributed by atoms with Crippen molar-refractivity contribution >= 4 is 17.0 Å². The highest BCUT2D eigenvalue weighted by molar-refractivity contribution is 5.79. The van der Waals surface area contributed by atoms with Gasteiger partial charge in [-0.05, 0) is 43.2 Å². The fourth-order valence-corrected chi connectivity index (χ4v) is 3.42. The molecule has 1 aliphatic rings. The number of nitriles is 1. The van der Waals surface area contributed by atoms with Crippen LogP contribution in [0.5, 0.6) is 0 Å². The maximum absolute atomic E-state index is 13.8. The molecule has 6 nitrogen and oxygen atoms in total. The van der Waals surface area contributed by atoms with Crippen LogP contribution in [0.4, 0.5) is 10.3 Å². The summed E-state index contributed by atoms with van der Waals surface area (Å²) in [6.45, 7) is 2.06. The fraction of sp³-hybridized carbons (Fsp3) is 0.316. The summed E-state index contributed by atoms with van der Waals surface area (Å²) in [5.74, 6) is 0.486. The molecule has 3 aromatic rings. The van der Waals surface area contributed by atoms with Crippen LogP contribution in [0.3, 0.4) is 0 Å². The van der Waals surface area contributed by atoms with Crippen LogP contribution in [-0.4, -0.2) is 33.7 Å². The number of aromatic nitrogens is 3. The molecule has 0 radical (unpaired) electrons. The third-order valence-electron chi connectivity index (χ3n) is 4.70. The van der Waals surface area contributed by atoms with Gasteiger partial charge in [-0.25, -0.2) is 9.37 Å². The minimum absolute atomic E-state index is 0.113. The molecular weight excluding hydrogens is 331 g/mol. The van der Waals surface area contributed by atoms with Crippen molar-refractivity contribution in [2.45, 2.75) is 25.4 Å². The van der Waals surface area contributed by atoms with Gasteiger partial charge in [0.1, 0.15) is 11.9 Å². The van der Waals surface area contributed by atoms with Gasteiger partial charge in [-0.1, -0.05) is 0 Å². The Balaban J connectivity index is 1.77. The van der Waals surface area contributed by atoms with E-state index in [9.17, 15) is 4.39 Å². The number of rotatable bonds is 3. The molecule has 0 spiro atoms. The van der Waals surface area contributed by atoms with Gasteiger partial charge in [0.2, 0.25) is 5.95 Å². The van der Waals surface area contributed by atoms with Crippen molar-refractivity contribution in [1.29, 1.82) is 5.26 Å². The first kappa shape index (κ1) is 16.5. The van der Waals surface area contributed by atoms with Gasteiger partial charge in [0.15, 0.2) is 0 Å². The molecule has 2 N–H and O–H groups in total. The normalized spacial score (nSPS) is 17.4. The van der Waals surface area contributed by atoms with Crippen molar-refractivity contribution in [1.82, 2.24) is 14.5 Å². The van der Waals surface area contributed by atoms with Crippen LogP contribution in [0.15, 0.2) is 36.5 Å². The summed E-state index contributed by atoms with van der Waals surface area (Å²) in [6.07, 6.45) is 3.56. The lowest BCUT2D eigenvalue weighted by Gasteiger charge is -2.32. The molecule has 3 heterocycles. The second-order valence-electron chi connectivity index (χ2n) is 6.63. The number of nitrogens with two attached hydrogens (primary N) is 1. The Morgan fingerprint density at radius 1 is 1.31 bits per heavy atom. The average Bonchev–Trinajstić information content (AvgIpc) is 3.00. The van der Waals surface area contributed by atoms with Crippen LogP contribution < -0.4 is 10.6 Å². The van der Waals surface area contributed by atoms with Crippen LogP contribution in [0.25, 0.3) is 11.0 Å². The highest BCUT2D eigenvalue weighted by Crippen LogP contribution is 2.26. The maximum Gasteiger partial charge on any atom is 0.206 e. The van der Waals surface area contributed by atoms with Crippen molar-refractivity contribution in [3.8, 4) is 6.07 Å². The molecule has 1 atom stereocenters. The van der Waals surface area contributed by atoms with Crippen LogP contribution in [0.2, 0.25) is 0 Å². The van der Waals surface area contributed by atoms with Crippen LogP contribution in [-0.2, 0) is 6.54 Å². The molecule has 7 heteroatoms. The fourth-order valence-electron chi connectivity index (χ4n) is 3.42. The lowest BCUT2D eigenvalue weighted by molar-refractivity contribution is 0.495. The van der Waals surface area contributed by atoms with E-state index in [1.807, 2.05) is 10.6 Å². The Kier molecular flexibility index (Phi) is 4.27. The summed E-state index contributed by atoms with van der Waals surface area (Å²) in [5.41, 5.74) is 8.90. The zero-order valence-corrected chi connectivity index (χ0v) is 14.3. The third-order valence-corrected chi connectivity index (χ3v) is 4.70. The predicted molar refractivity (Wildman–Crippen MR) is 97.2 cm³/mol. The number of piperidine rings is 1. The summed E-state index contributed by atoms with van der Waals surface area (Å²) in [6, 6.07) is 10.3. The smallest absolute Gasteiger partial charge is 0.206 e. The van der Waals surface area contributed by atoms with E-state index in [0.717, 1.165) is 48.6 Å². The van der Waals surface area contributed by atoms with Gasteiger partial charge in [-0.15, -0.1) is 0 Å². The van der Waals surface area contributed by atoms with Crippen molar-refractivity contribution in [2.24, 2.45) is 5.73 Å². The minimum atomic E-state index is -0.298. The second-order valence-corrected chi connectivity index (χ2v) is 6.63. The molecule has 0 saturated carbocycles. The van der Waals surface area contributed by atoms with E-state index in [2.05, 4.69) is 16.0 Å². The summed E-state index contributed by atoms with van der Waals surface area (Å²) in [4.78, 5) is 11.2. The third kappa shape index (κ3) is 3.11. The van der Waals surface area contributed by atoms with E-state index in [4.69, 9.17) is 16.0 Å². The van der Waals surface area contributed by atoms with Crippen LogP contribution in [0.1, 0.15) is 24.1 Å². The van der Waals surface area contributed by atoms with Gasteiger partial charge in [0.25, 0.3) is 0 Å². The Bertz CT molecular complexity index is 972. The number of hydrogen-bond acceptors (Lipinski definition) is 5. The molecule has 2 aromatic heterocycles. The van der Waals surface area contributed by atoms with Gasteiger partial charge in [-0.2, -0.15) is 5.26 Å². The van der Waals surface area contributed by atoms with E-state index >= 15 is 0 Å². The summed E-state index contributed by atoms with van der Waals surface area (Å²) >= 11 is 0. The van der Waals surface area contributed by atoms with E-state index in [-0.39, 0.29) is 11.9 Å². The van der Waals surface area contributed by atoms with Gasteiger partial charge in [0, 0.05) is 25.3 Å². The molecule has 4 rings (SSSR count). The molecular formula is C19H19FN6. The van der Waals surface area contributed by atoms with E-state index in [0.29, 0.717) is 12.1 Å². The first-order valence-corrected chi connectivity index (χ1v) is 8.65. The van der Waals surface area contributed by atoms with E-state index in [1.54, 1.807) is 18.3 Å². The molecule has 0 amide bonds. The van der Waals surface area contributed by atoms with Crippen LogP contribution >= 0.6 is 0 Å². The number of imidazole rings is 1. The number of hydrogen-bond donors (Lipinski definition) is 1. The first-order chi connectivity index (χ1) is 12.6. The number of halogens is 1. The highest BCUT2D eigenvalue weighted by atomic mass is 19.1. The number of nitrogens with zero attached hydrogens (tertiary/aromatic N) is 5. The Morgan fingerprint density at radius 3 is 2.92 bits per heavy atom. The topological polar surface area (TPSA) is 83.8 Å². The predicted octanol–water partition coefficient (Wildman–Crippen LogP) is 2.42. The monoisotopic (exact) mass is 350 g/mol. The first-order valence-electron chi connectivity index (χ1n) is 8.65. The van der Waals surface area contributed by atoms with Crippen molar-refractivity contribution in [3.63, 3.8) is 0 Å². The summed E-state index contributed by atoms with van der Waals surface area (Å²) in [7, 11) is 0. The molecule has 1 aromatic carbocycles. The van der Waals surface area contributed by atoms with Crippen molar-refractivity contribution in [3.05, 3.63) is 53.6 Å². The molecule has 0 bridgehead atoms. The highest BCUT2D eigenvalue weighted by Gasteiger charge is 2.23. The standard InChI is InChI=1S/C19H19FN6/c20-14-4-6-17-18(8-14)26(12-16-5-3-13(9-21)10-23-16)19(24-17)25-7-1-2-15(22)11-25/h3-6,8,10,15H,1-2,7,11-12,22H2. The number of anilines is 1. The van der Waals surface area contributed by atoms with Gasteiger partial charge in [-0.3, -0.25) is 4.98 Å². The quantitative estimate of drug-likeness (QED) is 0.784. The van der Waals surface area contributed by atoms with E-state index < -0.39 is 0 Å². The largest absolute Gasteiger partial charge is 0.341 e. The number of benzene rings is 1. The number of pyridine rings is 1. The van der Waals surface area contributed by atoms with Crippen molar-refractivity contribution < 1.29 is 4.39 Å². The maximum atomic E-state index is 13.8. The SMILES string of the molecule is N#Cc1ccc(Cn2c(N3CCCC(N)C3)nc3ccc(F)cc32)nc1. The average molecular weight is 350 g/mol. The zero-order chi connectivity index (χ0) is 18.1. The molecule has 0 aliphatic carbocycles. The molecule has 1 aliphatic heterocycles. The molecule has 1 saturated heterocycles. The minimum Gasteiger partial charge on any atom is -0.341 e. The molecule has 1 fully saturated rings.